The summed E-state index contributed by atoms with van der Waals surface area (Å²) in [6.07, 6.45) is 5.97. The smallest absolute Gasteiger partial charge is 0.326 e. The fourth-order valence-corrected chi connectivity index (χ4v) is 3.29. The van der Waals surface area contributed by atoms with Crippen LogP contribution in [0, 0.1) is 13.8 Å². The molecular weight excluding hydrogens is 388 g/mol. The zero-order valence-electron chi connectivity index (χ0n) is 18.1. The number of carboxylic acid groups (broad SMARTS) is 1. The van der Waals surface area contributed by atoms with Crippen LogP contribution in [0.1, 0.15) is 34.7 Å². The molecule has 3 rings (SSSR count). The number of aliphatic hydroxyl groups is 1. The molecule has 0 radical (unpaired) electrons. The van der Waals surface area contributed by atoms with E-state index < -0.39 is 18.1 Å². The fraction of sp³-hybridized carbons (Fsp3) is 0.231. The normalized spacial score (nSPS) is 13.3. The van der Waals surface area contributed by atoms with Crippen LogP contribution in [0.15, 0.2) is 60.8 Å². The van der Waals surface area contributed by atoms with Gasteiger partial charge in [0.05, 0.1) is 12.3 Å². The van der Waals surface area contributed by atoms with Gasteiger partial charge in [0.15, 0.2) is 0 Å². The van der Waals surface area contributed by atoms with Gasteiger partial charge < -0.3 is 10.2 Å². The number of hydrogen-bond donors (Lipinski definition) is 3. The maximum Gasteiger partial charge on any atom is 0.326 e. The summed E-state index contributed by atoms with van der Waals surface area (Å²) in [6.45, 7) is 5.48. The molecule has 5 nitrogen and oxygen atoms in total. The second-order valence-electron chi connectivity index (χ2n) is 7.91. The molecule has 3 N–H and O–H groups in total. The summed E-state index contributed by atoms with van der Waals surface area (Å²) < 4.78 is 0. The van der Waals surface area contributed by atoms with E-state index in [1.54, 1.807) is 6.20 Å². The molecule has 2 aromatic carbocycles. The van der Waals surface area contributed by atoms with Gasteiger partial charge in [-0.15, -0.1) is 0 Å². The van der Waals surface area contributed by atoms with Crippen LogP contribution in [0.3, 0.4) is 0 Å². The lowest BCUT2D eigenvalue weighted by Crippen LogP contribution is -2.52. The Balaban J connectivity index is 1.83. The molecule has 0 saturated heterocycles. The highest BCUT2D eigenvalue weighted by atomic mass is 16.4. The van der Waals surface area contributed by atoms with Crippen LogP contribution in [-0.2, 0) is 11.3 Å². The summed E-state index contributed by atoms with van der Waals surface area (Å²) in [5, 5.41) is 21.7. The van der Waals surface area contributed by atoms with E-state index in [0.29, 0.717) is 6.54 Å². The zero-order chi connectivity index (χ0) is 22.4. The van der Waals surface area contributed by atoms with Gasteiger partial charge in [0.1, 0.15) is 5.54 Å². The summed E-state index contributed by atoms with van der Waals surface area (Å²) in [5.41, 5.74) is 6.09. The van der Waals surface area contributed by atoms with Gasteiger partial charge in [0.25, 0.3) is 0 Å². The predicted molar refractivity (Wildman–Crippen MR) is 124 cm³/mol. The third-order valence-electron chi connectivity index (χ3n) is 5.57. The van der Waals surface area contributed by atoms with Gasteiger partial charge in [-0.1, -0.05) is 54.6 Å². The summed E-state index contributed by atoms with van der Waals surface area (Å²) in [6, 6.07) is 18.1. The zero-order valence-corrected chi connectivity index (χ0v) is 18.1. The molecule has 31 heavy (non-hydrogen) atoms. The highest BCUT2D eigenvalue weighted by Gasteiger charge is 2.31. The molecule has 0 aliphatic rings. The third kappa shape index (κ3) is 5.26. The van der Waals surface area contributed by atoms with E-state index in [1.165, 1.54) is 6.92 Å². The molecule has 0 saturated carbocycles. The fourth-order valence-electron chi connectivity index (χ4n) is 3.29. The second kappa shape index (κ2) is 9.69. The number of aliphatic carboxylic acids is 1. The molecule has 160 valence electrons. The van der Waals surface area contributed by atoms with E-state index >= 15 is 0 Å². The number of hydrogen-bond acceptors (Lipinski definition) is 4. The largest absolute Gasteiger partial charge is 0.480 e. The lowest BCUT2D eigenvalue weighted by Gasteiger charge is -2.24. The summed E-state index contributed by atoms with van der Waals surface area (Å²) >= 11 is 0. The summed E-state index contributed by atoms with van der Waals surface area (Å²) in [5.74, 6) is -1.08. The van der Waals surface area contributed by atoms with Crippen molar-refractivity contribution in [2.24, 2.45) is 0 Å². The van der Waals surface area contributed by atoms with Crippen LogP contribution in [0.25, 0.3) is 23.4 Å². The minimum Gasteiger partial charge on any atom is -0.480 e. The van der Waals surface area contributed by atoms with Crippen molar-refractivity contribution in [3.8, 4) is 11.3 Å². The maximum absolute atomic E-state index is 11.4. The Labute approximate surface area is 183 Å². The Morgan fingerprint density at radius 2 is 1.84 bits per heavy atom. The number of benzene rings is 2. The number of rotatable bonds is 8. The van der Waals surface area contributed by atoms with E-state index in [1.807, 2.05) is 49.4 Å². The Bertz CT molecular complexity index is 1090. The predicted octanol–water partition coefficient (Wildman–Crippen LogP) is 4.46. The van der Waals surface area contributed by atoms with Crippen molar-refractivity contribution in [1.29, 1.82) is 0 Å². The molecule has 0 aliphatic heterocycles. The highest BCUT2D eigenvalue weighted by Crippen LogP contribution is 2.25. The van der Waals surface area contributed by atoms with Crippen molar-refractivity contribution in [1.82, 2.24) is 10.3 Å². The first-order chi connectivity index (χ1) is 14.8. The van der Waals surface area contributed by atoms with Crippen LogP contribution in [0.4, 0.5) is 0 Å². The standard InChI is InChI=1S/C26H28N2O3/c1-18-10-11-20(16-28-26(3,17-29)25(30)31)15-22(18)13-12-21-7-6-8-23(19(21)2)24-9-4-5-14-27-24/h4-15,28-29H,16-17H2,1-3H3,(H,30,31)/b13-12+/t26-/m0/s1. The molecule has 3 aromatic rings. The van der Waals surface area contributed by atoms with Gasteiger partial charge in [-0.2, -0.15) is 0 Å². The van der Waals surface area contributed by atoms with E-state index in [4.69, 9.17) is 0 Å². The lowest BCUT2D eigenvalue weighted by atomic mass is 9.97. The molecule has 0 unspecified atom stereocenters. The maximum atomic E-state index is 11.4. The molecule has 1 atom stereocenters. The van der Waals surface area contributed by atoms with Crippen molar-refractivity contribution >= 4 is 18.1 Å². The quantitative estimate of drug-likeness (QED) is 0.472. The average molecular weight is 417 g/mol. The molecule has 1 heterocycles. The Kier molecular flexibility index (Phi) is 7.00. The number of nitrogens with zero attached hydrogens (tertiary/aromatic N) is 1. The number of carboxylic acids is 1. The molecule has 0 spiro atoms. The second-order valence-corrected chi connectivity index (χ2v) is 7.91. The summed E-state index contributed by atoms with van der Waals surface area (Å²) in [7, 11) is 0. The van der Waals surface area contributed by atoms with Gasteiger partial charge in [-0.3, -0.25) is 15.1 Å². The molecule has 0 aliphatic carbocycles. The Hall–Kier alpha value is -3.28. The third-order valence-corrected chi connectivity index (χ3v) is 5.57. The first kappa shape index (κ1) is 22.4. The molecular formula is C26H28N2O3. The van der Waals surface area contributed by atoms with Gasteiger partial charge >= 0.3 is 5.97 Å². The van der Waals surface area contributed by atoms with Crippen molar-refractivity contribution in [2.75, 3.05) is 6.61 Å². The average Bonchev–Trinajstić information content (AvgIpc) is 2.78. The monoisotopic (exact) mass is 416 g/mol. The lowest BCUT2D eigenvalue weighted by molar-refractivity contribution is -0.145. The van der Waals surface area contributed by atoms with Gasteiger partial charge in [0, 0.05) is 18.3 Å². The van der Waals surface area contributed by atoms with Crippen LogP contribution < -0.4 is 5.32 Å². The first-order valence-corrected chi connectivity index (χ1v) is 10.2. The van der Waals surface area contributed by atoms with Gasteiger partial charge in [-0.05, 0) is 60.7 Å². The minimum atomic E-state index is -1.37. The van der Waals surface area contributed by atoms with E-state index in [0.717, 1.165) is 39.1 Å². The number of nitrogens with one attached hydrogen (secondary N) is 1. The van der Waals surface area contributed by atoms with Crippen molar-refractivity contribution in [3.05, 3.63) is 88.6 Å². The Morgan fingerprint density at radius 3 is 2.52 bits per heavy atom. The number of aliphatic hydroxyl groups excluding tert-OH is 1. The SMILES string of the molecule is Cc1ccc(CN[C@@](C)(CO)C(=O)O)cc1/C=C/c1cccc(-c2ccccn2)c1C. The van der Waals surface area contributed by atoms with Crippen LogP contribution in [0.5, 0.6) is 0 Å². The minimum absolute atomic E-state index is 0.346. The summed E-state index contributed by atoms with van der Waals surface area (Å²) in [4.78, 5) is 15.8. The number of pyridine rings is 1. The van der Waals surface area contributed by atoms with Gasteiger partial charge in [0.2, 0.25) is 0 Å². The van der Waals surface area contributed by atoms with Gasteiger partial charge in [-0.25, -0.2) is 0 Å². The topological polar surface area (TPSA) is 82.5 Å². The van der Waals surface area contributed by atoms with E-state index in [-0.39, 0.29) is 0 Å². The molecule has 0 fully saturated rings. The van der Waals surface area contributed by atoms with E-state index in [2.05, 4.69) is 41.5 Å². The van der Waals surface area contributed by atoms with Crippen LogP contribution >= 0.6 is 0 Å². The van der Waals surface area contributed by atoms with Crippen molar-refractivity contribution < 1.29 is 15.0 Å². The number of aromatic nitrogens is 1. The first-order valence-electron chi connectivity index (χ1n) is 10.2. The molecule has 0 amide bonds. The number of aryl methyl sites for hydroxylation is 1. The highest BCUT2D eigenvalue weighted by molar-refractivity contribution is 5.78. The molecule has 5 heteroatoms. The van der Waals surface area contributed by atoms with E-state index in [9.17, 15) is 15.0 Å². The Morgan fingerprint density at radius 1 is 1.06 bits per heavy atom. The van der Waals surface area contributed by atoms with Crippen LogP contribution in [0.2, 0.25) is 0 Å². The molecule has 1 aromatic heterocycles. The van der Waals surface area contributed by atoms with Crippen molar-refractivity contribution in [2.45, 2.75) is 32.9 Å². The van der Waals surface area contributed by atoms with Crippen LogP contribution in [-0.4, -0.2) is 33.3 Å². The number of carbonyl (C=O) groups is 1. The van der Waals surface area contributed by atoms with Crippen molar-refractivity contribution in [3.63, 3.8) is 0 Å². The molecule has 0 bridgehead atoms.